The predicted molar refractivity (Wildman–Crippen MR) is 128 cm³/mol. The van der Waals surface area contributed by atoms with Crippen molar-refractivity contribution < 1.29 is 24.1 Å². The van der Waals surface area contributed by atoms with E-state index in [0.29, 0.717) is 35.2 Å². The van der Waals surface area contributed by atoms with Crippen LogP contribution in [0.4, 0.5) is 0 Å². The number of carboxylic acids is 1. The summed E-state index contributed by atoms with van der Waals surface area (Å²) in [6.07, 6.45) is 1.03. The van der Waals surface area contributed by atoms with Crippen LogP contribution >= 0.6 is 0 Å². The SMILES string of the molecule is CCOc1cc(OC)ccc1-c1ccc(C(=O)O)c(COc2ccc(C(C)(C)CC)cc2)n1. The summed E-state index contributed by atoms with van der Waals surface area (Å²) in [4.78, 5) is 16.4. The van der Waals surface area contributed by atoms with Gasteiger partial charge in [-0.2, -0.15) is 0 Å². The summed E-state index contributed by atoms with van der Waals surface area (Å²) in [7, 11) is 1.59. The third-order valence-electron chi connectivity index (χ3n) is 5.86. The molecule has 3 rings (SSSR count). The van der Waals surface area contributed by atoms with Crippen molar-refractivity contribution >= 4 is 5.97 Å². The number of methoxy groups -OCH3 is 1. The Balaban J connectivity index is 1.90. The second kappa shape index (κ2) is 10.4. The molecule has 0 aliphatic carbocycles. The van der Waals surface area contributed by atoms with Crippen LogP contribution in [0.25, 0.3) is 11.3 Å². The Morgan fingerprint density at radius 3 is 2.27 bits per heavy atom. The van der Waals surface area contributed by atoms with E-state index < -0.39 is 5.97 Å². The number of pyridine rings is 1. The fourth-order valence-corrected chi connectivity index (χ4v) is 3.43. The average molecular weight is 450 g/mol. The molecule has 1 heterocycles. The lowest BCUT2D eigenvalue weighted by Gasteiger charge is -2.23. The molecule has 0 saturated carbocycles. The van der Waals surface area contributed by atoms with E-state index in [4.69, 9.17) is 14.2 Å². The molecule has 174 valence electrons. The minimum atomic E-state index is -1.05. The van der Waals surface area contributed by atoms with E-state index >= 15 is 0 Å². The van der Waals surface area contributed by atoms with Gasteiger partial charge >= 0.3 is 5.97 Å². The van der Waals surface area contributed by atoms with Crippen molar-refractivity contribution in [1.82, 2.24) is 4.98 Å². The number of aromatic nitrogens is 1. The molecule has 0 amide bonds. The van der Waals surface area contributed by atoms with Gasteiger partial charge in [0.2, 0.25) is 0 Å². The van der Waals surface area contributed by atoms with Crippen LogP contribution in [0.3, 0.4) is 0 Å². The van der Waals surface area contributed by atoms with Gasteiger partial charge in [0.05, 0.1) is 30.7 Å². The maximum Gasteiger partial charge on any atom is 0.337 e. The molecule has 0 aliphatic heterocycles. The van der Waals surface area contributed by atoms with Gasteiger partial charge in [-0.25, -0.2) is 9.78 Å². The summed E-state index contributed by atoms with van der Waals surface area (Å²) in [5.74, 6) is 0.900. The number of hydrogen-bond donors (Lipinski definition) is 1. The van der Waals surface area contributed by atoms with Gasteiger partial charge in [0.15, 0.2) is 0 Å². The quantitative estimate of drug-likeness (QED) is 0.402. The summed E-state index contributed by atoms with van der Waals surface area (Å²) in [6.45, 7) is 8.98. The molecule has 0 radical (unpaired) electrons. The van der Waals surface area contributed by atoms with Crippen LogP contribution in [0.5, 0.6) is 17.2 Å². The third kappa shape index (κ3) is 5.64. The second-order valence-corrected chi connectivity index (χ2v) is 8.34. The van der Waals surface area contributed by atoms with Crippen LogP contribution in [0.1, 0.15) is 55.7 Å². The van der Waals surface area contributed by atoms with Crippen LogP contribution in [-0.4, -0.2) is 29.8 Å². The molecule has 0 aliphatic rings. The molecule has 33 heavy (non-hydrogen) atoms. The minimum absolute atomic E-state index is 0.0338. The van der Waals surface area contributed by atoms with E-state index in [1.807, 2.05) is 43.3 Å². The molecule has 1 N–H and O–H groups in total. The molecule has 0 saturated heterocycles. The van der Waals surface area contributed by atoms with E-state index in [-0.39, 0.29) is 17.6 Å². The molecule has 0 unspecified atom stereocenters. The van der Waals surface area contributed by atoms with Gasteiger partial charge in [-0.05, 0) is 60.7 Å². The molecular weight excluding hydrogens is 418 g/mol. The second-order valence-electron chi connectivity index (χ2n) is 8.34. The number of rotatable bonds is 10. The van der Waals surface area contributed by atoms with Crippen LogP contribution < -0.4 is 14.2 Å². The predicted octanol–water partition coefficient (Wildman–Crippen LogP) is 6.12. The molecule has 0 fully saturated rings. The van der Waals surface area contributed by atoms with Crippen molar-refractivity contribution in [3.63, 3.8) is 0 Å². The molecule has 6 nitrogen and oxygen atoms in total. The topological polar surface area (TPSA) is 77.9 Å². The van der Waals surface area contributed by atoms with E-state index in [9.17, 15) is 9.90 Å². The molecule has 0 bridgehead atoms. The molecule has 0 spiro atoms. The summed E-state index contributed by atoms with van der Waals surface area (Å²) in [6, 6.07) is 16.6. The Labute approximate surface area is 195 Å². The summed E-state index contributed by atoms with van der Waals surface area (Å²) >= 11 is 0. The maximum atomic E-state index is 11.8. The number of benzene rings is 2. The zero-order valence-electron chi connectivity index (χ0n) is 19.8. The highest BCUT2D eigenvalue weighted by molar-refractivity contribution is 5.89. The van der Waals surface area contributed by atoms with E-state index in [1.54, 1.807) is 25.3 Å². The first-order chi connectivity index (χ1) is 15.8. The maximum absolute atomic E-state index is 11.8. The minimum Gasteiger partial charge on any atom is -0.497 e. The van der Waals surface area contributed by atoms with Crippen LogP contribution in [0.15, 0.2) is 54.6 Å². The van der Waals surface area contributed by atoms with E-state index in [1.165, 1.54) is 5.56 Å². The van der Waals surface area contributed by atoms with Gasteiger partial charge in [0.1, 0.15) is 23.9 Å². The molecule has 0 atom stereocenters. The highest BCUT2D eigenvalue weighted by atomic mass is 16.5. The average Bonchev–Trinajstić information content (AvgIpc) is 2.82. The van der Waals surface area contributed by atoms with Gasteiger partial charge in [-0.15, -0.1) is 0 Å². The van der Waals surface area contributed by atoms with Crippen LogP contribution in [0.2, 0.25) is 0 Å². The van der Waals surface area contributed by atoms with Crippen molar-refractivity contribution in [2.24, 2.45) is 0 Å². The fraction of sp³-hybridized carbons (Fsp3) is 0.333. The van der Waals surface area contributed by atoms with E-state index in [2.05, 4.69) is 25.8 Å². The zero-order chi connectivity index (χ0) is 24.0. The van der Waals surface area contributed by atoms with Crippen molar-refractivity contribution in [1.29, 1.82) is 0 Å². The molecule has 2 aromatic carbocycles. The highest BCUT2D eigenvalue weighted by Crippen LogP contribution is 2.33. The Morgan fingerprint density at radius 1 is 0.970 bits per heavy atom. The van der Waals surface area contributed by atoms with E-state index in [0.717, 1.165) is 12.0 Å². The highest BCUT2D eigenvalue weighted by Gasteiger charge is 2.19. The first kappa shape index (κ1) is 24.1. The standard InChI is InChI=1S/C27H31NO5/c1-6-27(3,4)18-8-10-19(11-9-18)33-17-24-22(26(29)30)14-15-23(28-24)21-13-12-20(31-5)16-25(21)32-7-2/h8-16H,6-7,17H2,1-5H3,(H,29,30). The summed E-state index contributed by atoms with van der Waals surface area (Å²) in [5.41, 5.74) is 3.12. The normalized spacial score (nSPS) is 11.2. The Bertz CT molecular complexity index is 1110. The first-order valence-electron chi connectivity index (χ1n) is 11.1. The lowest BCUT2D eigenvalue weighted by Crippen LogP contribution is -2.15. The molecule has 1 aromatic heterocycles. The number of ether oxygens (including phenoxy) is 3. The molecule has 3 aromatic rings. The number of hydrogen-bond acceptors (Lipinski definition) is 5. The van der Waals surface area contributed by atoms with Crippen LogP contribution in [0, 0.1) is 0 Å². The first-order valence-corrected chi connectivity index (χ1v) is 11.1. The monoisotopic (exact) mass is 449 g/mol. The number of carboxylic acid groups (broad SMARTS) is 1. The van der Waals surface area contributed by atoms with Crippen molar-refractivity contribution in [2.75, 3.05) is 13.7 Å². The van der Waals surface area contributed by atoms with Gasteiger partial charge in [0.25, 0.3) is 0 Å². The van der Waals surface area contributed by atoms with Gasteiger partial charge in [0, 0.05) is 11.6 Å². The largest absolute Gasteiger partial charge is 0.497 e. The molecule has 6 heteroatoms. The van der Waals surface area contributed by atoms with Gasteiger partial charge in [-0.1, -0.05) is 32.9 Å². The summed E-state index contributed by atoms with van der Waals surface area (Å²) in [5, 5.41) is 9.65. The van der Waals surface area contributed by atoms with Crippen molar-refractivity contribution in [3.05, 3.63) is 71.4 Å². The van der Waals surface area contributed by atoms with Gasteiger partial charge < -0.3 is 19.3 Å². The Morgan fingerprint density at radius 2 is 1.67 bits per heavy atom. The molecular formula is C27H31NO5. The fourth-order valence-electron chi connectivity index (χ4n) is 3.43. The lowest BCUT2D eigenvalue weighted by atomic mass is 9.82. The van der Waals surface area contributed by atoms with Crippen molar-refractivity contribution in [2.45, 2.75) is 46.1 Å². The third-order valence-corrected chi connectivity index (χ3v) is 5.86. The smallest absolute Gasteiger partial charge is 0.337 e. The Hall–Kier alpha value is -3.54. The summed E-state index contributed by atoms with van der Waals surface area (Å²) < 4.78 is 17.0. The Kier molecular flexibility index (Phi) is 7.59. The number of nitrogens with zero attached hydrogens (tertiary/aromatic N) is 1. The van der Waals surface area contributed by atoms with Gasteiger partial charge in [-0.3, -0.25) is 0 Å². The number of aromatic carboxylic acids is 1. The number of carbonyl (C=O) groups is 1. The van der Waals surface area contributed by atoms with Crippen molar-refractivity contribution in [3.8, 4) is 28.5 Å². The van der Waals surface area contributed by atoms with Crippen LogP contribution in [-0.2, 0) is 12.0 Å². The lowest BCUT2D eigenvalue weighted by molar-refractivity contribution is 0.0693. The zero-order valence-corrected chi connectivity index (χ0v) is 19.8.